The second-order valence-electron chi connectivity index (χ2n) is 4.53. The van der Waals surface area contributed by atoms with Gasteiger partial charge in [0.25, 0.3) is 5.91 Å². The second-order valence-corrected chi connectivity index (χ2v) is 4.53. The molecule has 1 amide bonds. The molecule has 0 aromatic carbocycles. The quantitative estimate of drug-likeness (QED) is 0.743. The topological polar surface area (TPSA) is 61.6 Å². The molecule has 1 aromatic rings. The van der Waals surface area contributed by atoms with Crippen molar-refractivity contribution in [2.45, 2.75) is 6.04 Å². The number of amides is 1. The summed E-state index contributed by atoms with van der Waals surface area (Å²) >= 11 is 0. The van der Waals surface area contributed by atoms with Gasteiger partial charge in [-0.15, -0.1) is 0 Å². The van der Waals surface area contributed by atoms with Gasteiger partial charge in [0.05, 0.1) is 6.20 Å². The third-order valence-electron chi connectivity index (χ3n) is 3.47. The summed E-state index contributed by atoms with van der Waals surface area (Å²) in [5.74, 6) is 0.289. The second kappa shape index (κ2) is 4.46. The molecular formula is C11H16N4O2. The highest BCUT2D eigenvalue weighted by Gasteiger charge is 2.36. The molecule has 6 heteroatoms. The zero-order valence-corrected chi connectivity index (χ0v) is 9.63. The lowest BCUT2D eigenvalue weighted by Crippen LogP contribution is -2.63. The van der Waals surface area contributed by atoms with Crippen LogP contribution in [0.5, 0.6) is 0 Å². The number of carbonyl (C=O) groups is 1. The molecule has 0 aliphatic carbocycles. The Bertz CT molecular complexity index is 380. The molecule has 1 N–H and O–H groups in total. The van der Waals surface area contributed by atoms with E-state index in [1.54, 1.807) is 6.07 Å². The molecule has 92 valence electrons. The van der Waals surface area contributed by atoms with Gasteiger partial charge in [-0.1, -0.05) is 5.16 Å². The Morgan fingerprint density at radius 2 is 2.18 bits per heavy atom. The number of carbonyl (C=O) groups excluding carboxylic acids is 1. The van der Waals surface area contributed by atoms with Crippen molar-refractivity contribution in [3.8, 4) is 0 Å². The number of aromatic nitrogens is 1. The number of nitrogens with one attached hydrogen (secondary N) is 1. The van der Waals surface area contributed by atoms with Gasteiger partial charge in [-0.05, 0) is 0 Å². The van der Waals surface area contributed by atoms with Crippen LogP contribution in [0.1, 0.15) is 10.6 Å². The highest BCUT2D eigenvalue weighted by Crippen LogP contribution is 2.18. The Labute approximate surface area is 99.5 Å². The van der Waals surface area contributed by atoms with Crippen molar-refractivity contribution in [2.75, 3.05) is 39.3 Å². The lowest BCUT2D eigenvalue weighted by molar-refractivity contribution is 0.0198. The largest absolute Gasteiger partial charge is 0.351 e. The van der Waals surface area contributed by atoms with Crippen LogP contribution in [-0.4, -0.2) is 66.2 Å². The first-order valence-corrected chi connectivity index (χ1v) is 5.99. The molecule has 0 radical (unpaired) electrons. The van der Waals surface area contributed by atoms with Crippen LogP contribution in [0.15, 0.2) is 16.8 Å². The molecule has 2 fully saturated rings. The van der Waals surface area contributed by atoms with Crippen LogP contribution >= 0.6 is 0 Å². The van der Waals surface area contributed by atoms with Crippen LogP contribution in [0.25, 0.3) is 0 Å². The van der Waals surface area contributed by atoms with Gasteiger partial charge in [-0.25, -0.2) is 0 Å². The van der Waals surface area contributed by atoms with Gasteiger partial charge in [0.2, 0.25) is 5.76 Å². The summed E-state index contributed by atoms with van der Waals surface area (Å²) in [5.41, 5.74) is 0. The molecule has 0 unspecified atom stereocenters. The highest BCUT2D eigenvalue weighted by molar-refractivity contribution is 5.91. The summed E-state index contributed by atoms with van der Waals surface area (Å²) < 4.78 is 4.87. The summed E-state index contributed by atoms with van der Waals surface area (Å²) in [6.45, 7) is 5.86. The summed E-state index contributed by atoms with van der Waals surface area (Å²) in [4.78, 5) is 16.1. The van der Waals surface area contributed by atoms with Crippen molar-refractivity contribution in [2.24, 2.45) is 0 Å². The smallest absolute Gasteiger partial charge is 0.292 e. The summed E-state index contributed by atoms with van der Waals surface area (Å²) in [5, 5.41) is 6.88. The van der Waals surface area contributed by atoms with Crippen molar-refractivity contribution in [3.05, 3.63) is 18.0 Å². The molecule has 2 aliphatic heterocycles. The van der Waals surface area contributed by atoms with Gasteiger partial charge in [-0.3, -0.25) is 9.69 Å². The van der Waals surface area contributed by atoms with Crippen LogP contribution in [0.4, 0.5) is 0 Å². The van der Waals surface area contributed by atoms with E-state index in [0.717, 1.165) is 39.3 Å². The van der Waals surface area contributed by atoms with Gasteiger partial charge in [-0.2, -0.15) is 0 Å². The van der Waals surface area contributed by atoms with Crippen LogP contribution in [0.3, 0.4) is 0 Å². The molecule has 17 heavy (non-hydrogen) atoms. The Morgan fingerprint density at radius 3 is 2.82 bits per heavy atom. The Balaban J connectivity index is 1.52. The molecule has 3 heterocycles. The fourth-order valence-corrected chi connectivity index (χ4v) is 2.38. The third-order valence-corrected chi connectivity index (χ3v) is 3.47. The zero-order chi connectivity index (χ0) is 11.7. The number of piperazine rings is 1. The van der Waals surface area contributed by atoms with Gasteiger partial charge in [0, 0.05) is 51.4 Å². The first-order valence-electron chi connectivity index (χ1n) is 5.99. The monoisotopic (exact) mass is 236 g/mol. The van der Waals surface area contributed by atoms with Crippen molar-refractivity contribution < 1.29 is 9.32 Å². The predicted octanol–water partition coefficient (Wildman–Crippen LogP) is -0.596. The average Bonchev–Trinajstić information content (AvgIpc) is 2.81. The number of likely N-dealkylation sites (tertiary alicyclic amines) is 1. The maximum atomic E-state index is 11.9. The third kappa shape index (κ3) is 2.05. The van der Waals surface area contributed by atoms with Gasteiger partial charge >= 0.3 is 0 Å². The maximum Gasteiger partial charge on any atom is 0.292 e. The van der Waals surface area contributed by atoms with Crippen molar-refractivity contribution in [1.82, 2.24) is 20.3 Å². The summed E-state index contributed by atoms with van der Waals surface area (Å²) in [6.07, 6.45) is 1.50. The van der Waals surface area contributed by atoms with E-state index in [-0.39, 0.29) is 5.91 Å². The number of rotatable bonds is 2. The van der Waals surface area contributed by atoms with E-state index < -0.39 is 0 Å². The average molecular weight is 236 g/mol. The Hall–Kier alpha value is -1.40. The minimum Gasteiger partial charge on any atom is -0.351 e. The maximum absolute atomic E-state index is 11.9. The van der Waals surface area contributed by atoms with E-state index in [4.69, 9.17) is 4.52 Å². The molecule has 6 nitrogen and oxygen atoms in total. The minimum absolute atomic E-state index is 0.0473. The van der Waals surface area contributed by atoms with Crippen LogP contribution in [-0.2, 0) is 0 Å². The Morgan fingerprint density at radius 1 is 1.41 bits per heavy atom. The van der Waals surface area contributed by atoms with Crippen molar-refractivity contribution in [3.63, 3.8) is 0 Å². The Kier molecular flexibility index (Phi) is 2.82. The van der Waals surface area contributed by atoms with Gasteiger partial charge in [0.15, 0.2) is 0 Å². The highest BCUT2D eigenvalue weighted by atomic mass is 16.5. The van der Waals surface area contributed by atoms with E-state index >= 15 is 0 Å². The SMILES string of the molecule is O=C(c1ccno1)N1CC(N2CCNCC2)C1. The molecule has 2 saturated heterocycles. The zero-order valence-electron chi connectivity index (χ0n) is 9.63. The summed E-state index contributed by atoms with van der Waals surface area (Å²) in [6, 6.07) is 2.13. The fourth-order valence-electron chi connectivity index (χ4n) is 2.38. The molecule has 0 saturated carbocycles. The van der Waals surface area contributed by atoms with Gasteiger partial charge in [0.1, 0.15) is 0 Å². The van der Waals surface area contributed by atoms with E-state index in [9.17, 15) is 4.79 Å². The summed E-state index contributed by atoms with van der Waals surface area (Å²) in [7, 11) is 0. The van der Waals surface area contributed by atoms with E-state index in [2.05, 4.69) is 15.4 Å². The van der Waals surface area contributed by atoms with Crippen LogP contribution < -0.4 is 5.32 Å². The van der Waals surface area contributed by atoms with Crippen molar-refractivity contribution in [1.29, 1.82) is 0 Å². The van der Waals surface area contributed by atoms with E-state index in [1.165, 1.54) is 6.20 Å². The van der Waals surface area contributed by atoms with E-state index in [0.29, 0.717) is 11.8 Å². The van der Waals surface area contributed by atoms with Crippen LogP contribution in [0, 0.1) is 0 Å². The first-order chi connectivity index (χ1) is 8.34. The molecule has 0 spiro atoms. The molecule has 2 aliphatic rings. The van der Waals surface area contributed by atoms with Gasteiger partial charge < -0.3 is 14.7 Å². The molecule has 0 atom stereocenters. The predicted molar refractivity (Wildman–Crippen MR) is 60.6 cm³/mol. The van der Waals surface area contributed by atoms with E-state index in [1.807, 2.05) is 4.90 Å². The molecule has 1 aromatic heterocycles. The fraction of sp³-hybridized carbons (Fsp3) is 0.636. The standard InChI is InChI=1S/C11H16N4O2/c16-11(10-1-2-13-17-10)15-7-9(8-15)14-5-3-12-4-6-14/h1-2,9,12H,3-8H2. The van der Waals surface area contributed by atoms with Crippen molar-refractivity contribution >= 4 is 5.91 Å². The normalized spacial score (nSPS) is 22.5. The lowest BCUT2D eigenvalue weighted by Gasteiger charge is -2.46. The molecular weight excluding hydrogens is 220 g/mol. The number of nitrogens with zero attached hydrogens (tertiary/aromatic N) is 3. The number of hydrogen-bond acceptors (Lipinski definition) is 5. The lowest BCUT2D eigenvalue weighted by atomic mass is 10.1. The van der Waals surface area contributed by atoms with Crippen LogP contribution in [0.2, 0.25) is 0 Å². The minimum atomic E-state index is -0.0473. The molecule has 0 bridgehead atoms. The number of hydrogen-bond donors (Lipinski definition) is 1. The molecule has 3 rings (SSSR count). The first kappa shape index (κ1) is 10.7.